The van der Waals surface area contributed by atoms with Crippen molar-refractivity contribution < 1.29 is 9.21 Å². The third-order valence-corrected chi connectivity index (χ3v) is 8.36. The molecule has 0 N–H and O–H groups in total. The smallest absolute Gasteiger partial charge is 0.213 e. The number of fused-ring (bicyclic) bond motifs is 4. The third-order valence-electron chi connectivity index (χ3n) is 8.36. The predicted molar refractivity (Wildman–Crippen MR) is 173 cm³/mol. The molecular formula is C37H29N5O2. The van der Waals surface area contributed by atoms with Crippen molar-refractivity contribution in [1.29, 1.82) is 0 Å². The second-order valence-corrected chi connectivity index (χ2v) is 11.2. The molecule has 0 radical (unpaired) electrons. The van der Waals surface area contributed by atoms with Crippen LogP contribution in [0.3, 0.4) is 0 Å². The number of rotatable bonds is 6. The first-order chi connectivity index (χ1) is 21.6. The van der Waals surface area contributed by atoms with E-state index in [1.807, 2.05) is 72.3 Å². The Labute approximate surface area is 255 Å². The van der Waals surface area contributed by atoms with Gasteiger partial charge in [-0.3, -0.25) is 9.69 Å². The van der Waals surface area contributed by atoms with Crippen molar-refractivity contribution in [3.63, 3.8) is 0 Å². The normalized spacial score (nSPS) is 15.0. The van der Waals surface area contributed by atoms with Gasteiger partial charge in [-0.1, -0.05) is 84.9 Å². The van der Waals surface area contributed by atoms with Crippen molar-refractivity contribution in [2.24, 2.45) is 4.99 Å². The van der Waals surface area contributed by atoms with E-state index in [0.717, 1.165) is 57.2 Å². The van der Waals surface area contributed by atoms with Crippen LogP contribution in [0.25, 0.3) is 17.0 Å². The molecule has 6 aromatic rings. The van der Waals surface area contributed by atoms with Crippen molar-refractivity contribution in [2.45, 2.75) is 26.4 Å². The minimum atomic E-state index is -0.304. The highest BCUT2D eigenvalue weighted by molar-refractivity contribution is 6.18. The molecule has 7 nitrogen and oxygen atoms in total. The summed E-state index contributed by atoms with van der Waals surface area (Å²) >= 11 is 0. The van der Waals surface area contributed by atoms with Gasteiger partial charge in [0.1, 0.15) is 17.6 Å². The van der Waals surface area contributed by atoms with Crippen LogP contribution in [0.15, 0.2) is 131 Å². The Morgan fingerprint density at radius 1 is 0.795 bits per heavy atom. The van der Waals surface area contributed by atoms with Crippen LogP contribution in [0.1, 0.15) is 45.9 Å². The van der Waals surface area contributed by atoms with E-state index in [4.69, 9.17) is 14.5 Å². The van der Waals surface area contributed by atoms with Crippen molar-refractivity contribution in [2.75, 3.05) is 9.80 Å². The van der Waals surface area contributed by atoms with E-state index in [0.29, 0.717) is 12.1 Å². The van der Waals surface area contributed by atoms with E-state index in [2.05, 4.69) is 70.5 Å². The first-order valence-electron chi connectivity index (χ1n) is 14.7. The fourth-order valence-electron chi connectivity index (χ4n) is 6.25. The second-order valence-electron chi connectivity index (χ2n) is 11.2. The Kier molecular flexibility index (Phi) is 6.05. The standard InChI is InChI=1S/C37H29N5O2/c1-24-34-35(33-22-21-32(44-33)28-19-17-27(18-20-28)25(2)43)41-31-16-10-9-15-30(31)40(23-26-11-5-3-6-12-26)37(41)38-36(34)42(39-24)29-13-7-4-8-14-29/h3-22,35H,23H2,1-2H3. The number of benzene rings is 4. The number of hydrogen-bond acceptors (Lipinski definition) is 6. The monoisotopic (exact) mass is 575 g/mol. The molecule has 214 valence electrons. The second kappa shape index (κ2) is 10.2. The number of guanidine groups is 1. The number of anilines is 2. The minimum Gasteiger partial charge on any atom is -0.459 e. The Hall–Kier alpha value is -5.69. The molecule has 1 unspecified atom stereocenters. The number of aromatic nitrogens is 2. The number of para-hydroxylation sites is 3. The van der Waals surface area contributed by atoms with E-state index in [1.54, 1.807) is 6.92 Å². The Bertz CT molecular complexity index is 2040. The highest BCUT2D eigenvalue weighted by atomic mass is 16.3. The summed E-state index contributed by atoms with van der Waals surface area (Å²) in [4.78, 5) is 21.8. The number of aliphatic imine (C=N–C) groups is 1. The number of Topliss-reactive ketones (excluding diaryl/α,β-unsaturated/α-hetero) is 1. The van der Waals surface area contributed by atoms with Gasteiger partial charge < -0.3 is 9.32 Å². The Balaban J connectivity index is 1.32. The number of nitrogens with zero attached hydrogens (tertiary/aromatic N) is 5. The molecule has 2 aromatic heterocycles. The van der Waals surface area contributed by atoms with Crippen molar-refractivity contribution in [3.05, 3.63) is 149 Å². The van der Waals surface area contributed by atoms with Crippen LogP contribution >= 0.6 is 0 Å². The average molecular weight is 576 g/mol. The molecule has 0 bridgehead atoms. The SMILES string of the molecule is CC(=O)c1ccc(-c2ccc(C3c4c(C)nn(-c5ccccc5)c4N=C4N(Cc5ccccc5)c5ccccc5N43)o2)cc1. The fraction of sp³-hybridized carbons (Fsp3) is 0.108. The molecule has 4 aromatic carbocycles. The van der Waals surface area contributed by atoms with Crippen LogP contribution in [0.2, 0.25) is 0 Å². The number of furan rings is 1. The summed E-state index contributed by atoms with van der Waals surface area (Å²) in [5, 5.41) is 5.01. The minimum absolute atomic E-state index is 0.0388. The van der Waals surface area contributed by atoms with Gasteiger partial charge in [0.15, 0.2) is 11.6 Å². The van der Waals surface area contributed by atoms with Gasteiger partial charge in [0.05, 0.1) is 34.9 Å². The lowest BCUT2D eigenvalue weighted by Crippen LogP contribution is -2.42. The van der Waals surface area contributed by atoms with Gasteiger partial charge in [-0.15, -0.1) is 0 Å². The zero-order valence-corrected chi connectivity index (χ0v) is 24.4. The molecule has 0 amide bonds. The quantitative estimate of drug-likeness (QED) is 0.187. The highest BCUT2D eigenvalue weighted by Crippen LogP contribution is 2.51. The lowest BCUT2D eigenvalue weighted by atomic mass is 10.0. The fourth-order valence-corrected chi connectivity index (χ4v) is 6.25. The van der Waals surface area contributed by atoms with Crippen molar-refractivity contribution in [3.8, 4) is 17.0 Å². The summed E-state index contributed by atoms with van der Waals surface area (Å²) < 4.78 is 8.62. The van der Waals surface area contributed by atoms with Crippen LogP contribution in [0.5, 0.6) is 0 Å². The van der Waals surface area contributed by atoms with Crippen LogP contribution in [-0.2, 0) is 6.54 Å². The summed E-state index contributed by atoms with van der Waals surface area (Å²) in [7, 11) is 0. The molecule has 2 aliphatic heterocycles. The molecule has 44 heavy (non-hydrogen) atoms. The number of hydrogen-bond donors (Lipinski definition) is 0. The van der Waals surface area contributed by atoms with E-state index in [9.17, 15) is 4.79 Å². The van der Waals surface area contributed by atoms with Gasteiger partial charge in [-0.05, 0) is 55.8 Å². The van der Waals surface area contributed by atoms with Gasteiger partial charge in [0.2, 0.25) is 5.96 Å². The van der Waals surface area contributed by atoms with Crippen LogP contribution < -0.4 is 9.80 Å². The molecule has 0 spiro atoms. The first-order valence-corrected chi connectivity index (χ1v) is 14.7. The maximum Gasteiger partial charge on any atom is 0.213 e. The van der Waals surface area contributed by atoms with Gasteiger partial charge in [0, 0.05) is 11.1 Å². The van der Waals surface area contributed by atoms with Gasteiger partial charge in [-0.2, -0.15) is 10.1 Å². The molecule has 0 saturated carbocycles. The first kappa shape index (κ1) is 26.0. The predicted octanol–water partition coefficient (Wildman–Crippen LogP) is 8.26. The molecule has 8 rings (SSSR count). The topological polar surface area (TPSA) is 66.9 Å². The van der Waals surface area contributed by atoms with Gasteiger partial charge in [0.25, 0.3) is 0 Å². The molecule has 0 fully saturated rings. The van der Waals surface area contributed by atoms with E-state index in [1.165, 1.54) is 5.56 Å². The molecule has 2 aliphatic rings. The summed E-state index contributed by atoms with van der Waals surface area (Å²) in [5.41, 5.74) is 7.77. The number of carbonyl (C=O) groups excluding carboxylic acids is 1. The summed E-state index contributed by atoms with van der Waals surface area (Å²) in [5.74, 6) is 3.18. The summed E-state index contributed by atoms with van der Waals surface area (Å²) in [6.45, 7) is 4.28. The lowest BCUT2D eigenvalue weighted by molar-refractivity contribution is 0.101. The van der Waals surface area contributed by atoms with E-state index in [-0.39, 0.29) is 11.8 Å². The van der Waals surface area contributed by atoms with Gasteiger partial charge in [-0.25, -0.2) is 4.68 Å². The largest absolute Gasteiger partial charge is 0.459 e. The van der Waals surface area contributed by atoms with Crippen molar-refractivity contribution >= 4 is 28.9 Å². The van der Waals surface area contributed by atoms with Crippen molar-refractivity contribution in [1.82, 2.24) is 9.78 Å². The molecule has 7 heteroatoms. The number of ketones is 1. The molecular weight excluding hydrogens is 546 g/mol. The molecule has 1 atom stereocenters. The van der Waals surface area contributed by atoms with E-state index < -0.39 is 0 Å². The lowest BCUT2D eigenvalue weighted by Gasteiger charge is -2.33. The number of aryl methyl sites for hydroxylation is 1. The maximum atomic E-state index is 11.9. The average Bonchev–Trinajstić information content (AvgIpc) is 3.77. The van der Waals surface area contributed by atoms with Crippen LogP contribution in [-0.4, -0.2) is 21.5 Å². The summed E-state index contributed by atoms with van der Waals surface area (Å²) in [6.07, 6.45) is 0. The number of carbonyl (C=O) groups is 1. The maximum absolute atomic E-state index is 11.9. The molecule has 4 heterocycles. The van der Waals surface area contributed by atoms with E-state index >= 15 is 0 Å². The molecule has 0 saturated heterocycles. The Morgan fingerprint density at radius 2 is 1.48 bits per heavy atom. The zero-order chi connectivity index (χ0) is 29.8. The van der Waals surface area contributed by atoms with Crippen LogP contribution in [0.4, 0.5) is 17.2 Å². The Morgan fingerprint density at radius 3 is 2.20 bits per heavy atom. The van der Waals surface area contributed by atoms with Crippen LogP contribution in [0, 0.1) is 6.92 Å². The highest BCUT2D eigenvalue weighted by Gasteiger charge is 2.45. The van der Waals surface area contributed by atoms with Gasteiger partial charge >= 0.3 is 0 Å². The summed E-state index contributed by atoms with van der Waals surface area (Å²) in [6, 6.07) is 40.4. The molecule has 0 aliphatic carbocycles. The third kappa shape index (κ3) is 4.16. The zero-order valence-electron chi connectivity index (χ0n) is 24.4.